The Morgan fingerprint density at radius 1 is 1.42 bits per heavy atom. The molecule has 3 rings (SSSR count). The number of aromatic nitrogens is 3. The normalized spacial score (nSPS) is 18.8. The second-order valence-corrected chi connectivity index (χ2v) is 6.93. The fourth-order valence-electron chi connectivity index (χ4n) is 2.60. The third-order valence-corrected chi connectivity index (χ3v) is 5.22. The maximum atomic E-state index is 12.7. The van der Waals surface area contributed by atoms with Gasteiger partial charge in [-0.2, -0.15) is 0 Å². The number of nitrogens with one attached hydrogen (secondary N) is 1. The van der Waals surface area contributed by atoms with Crippen molar-refractivity contribution in [3.8, 4) is 0 Å². The molecule has 24 heavy (non-hydrogen) atoms. The van der Waals surface area contributed by atoms with Gasteiger partial charge < -0.3 is 10.2 Å². The highest BCUT2D eigenvalue weighted by Gasteiger charge is 2.35. The Kier molecular flexibility index (Phi) is 5.03. The number of para-hydroxylation sites is 1. The average Bonchev–Trinajstić information content (AvgIpc) is 3.22. The summed E-state index contributed by atoms with van der Waals surface area (Å²) >= 11 is 1.60. The summed E-state index contributed by atoms with van der Waals surface area (Å²) in [4.78, 5) is 26.7. The number of carbonyl (C=O) groups is 2. The first-order valence-electron chi connectivity index (χ1n) is 8.06. The maximum absolute atomic E-state index is 12.7. The predicted octanol–water partition coefficient (Wildman–Crippen LogP) is 1.25. The van der Waals surface area contributed by atoms with Crippen LogP contribution in [0.25, 0.3) is 11.0 Å². The van der Waals surface area contributed by atoms with Crippen molar-refractivity contribution in [3.63, 3.8) is 0 Å². The monoisotopic (exact) mass is 347 g/mol. The van der Waals surface area contributed by atoms with E-state index in [1.165, 1.54) is 0 Å². The number of fused-ring (bicyclic) bond motifs is 1. The number of carbonyl (C=O) groups excluding carboxylic acids is 2. The second-order valence-electron chi connectivity index (χ2n) is 5.93. The van der Waals surface area contributed by atoms with Crippen molar-refractivity contribution < 1.29 is 9.59 Å². The SMILES string of the molecule is CC[C@@H](C)NC(=O)[C@H]1CSCN1C(=O)Cn1nnc2ccccc21. The van der Waals surface area contributed by atoms with Crippen molar-refractivity contribution >= 4 is 34.6 Å². The minimum atomic E-state index is -0.411. The molecule has 1 aliphatic heterocycles. The van der Waals surface area contributed by atoms with Crippen LogP contribution in [0.15, 0.2) is 24.3 Å². The van der Waals surface area contributed by atoms with Crippen molar-refractivity contribution in [1.29, 1.82) is 0 Å². The van der Waals surface area contributed by atoms with Gasteiger partial charge in [-0.3, -0.25) is 9.59 Å². The third-order valence-electron chi connectivity index (χ3n) is 4.21. The minimum absolute atomic E-state index is 0.0776. The van der Waals surface area contributed by atoms with E-state index in [1.807, 2.05) is 38.1 Å². The molecule has 128 valence electrons. The highest BCUT2D eigenvalue weighted by Crippen LogP contribution is 2.22. The van der Waals surface area contributed by atoms with Gasteiger partial charge >= 0.3 is 0 Å². The Bertz CT molecular complexity index is 747. The highest BCUT2D eigenvalue weighted by molar-refractivity contribution is 7.99. The number of hydrogen-bond donors (Lipinski definition) is 1. The number of thioether (sulfide) groups is 1. The van der Waals surface area contributed by atoms with Gasteiger partial charge in [0.15, 0.2) is 0 Å². The molecule has 2 heterocycles. The maximum Gasteiger partial charge on any atom is 0.245 e. The molecular weight excluding hydrogens is 326 g/mol. The van der Waals surface area contributed by atoms with Crippen molar-refractivity contribution in [3.05, 3.63) is 24.3 Å². The number of hydrogen-bond acceptors (Lipinski definition) is 5. The van der Waals surface area contributed by atoms with Gasteiger partial charge in [-0.05, 0) is 25.5 Å². The molecular formula is C16H21N5O2S. The Morgan fingerprint density at radius 2 is 2.21 bits per heavy atom. The van der Waals surface area contributed by atoms with Gasteiger partial charge in [0.25, 0.3) is 0 Å². The standard InChI is InChI=1S/C16H21N5O2S/c1-3-11(2)17-16(23)14-9-24-10-20(14)15(22)8-21-13-7-5-4-6-12(13)18-19-21/h4-7,11,14H,3,8-10H2,1-2H3,(H,17,23)/t11-,14-/m1/s1. The lowest BCUT2D eigenvalue weighted by molar-refractivity contribution is -0.138. The van der Waals surface area contributed by atoms with Crippen LogP contribution < -0.4 is 5.32 Å². The van der Waals surface area contributed by atoms with E-state index in [0.29, 0.717) is 11.6 Å². The predicted molar refractivity (Wildman–Crippen MR) is 93.4 cm³/mol. The molecule has 2 amide bonds. The Hall–Kier alpha value is -2.09. The van der Waals surface area contributed by atoms with E-state index >= 15 is 0 Å². The lowest BCUT2D eigenvalue weighted by Crippen LogP contribution is -2.50. The molecule has 2 aromatic rings. The zero-order valence-electron chi connectivity index (χ0n) is 13.8. The summed E-state index contributed by atoms with van der Waals surface area (Å²) in [5.41, 5.74) is 1.57. The van der Waals surface area contributed by atoms with Gasteiger partial charge in [-0.25, -0.2) is 4.68 Å². The Morgan fingerprint density at radius 3 is 3.00 bits per heavy atom. The smallest absolute Gasteiger partial charge is 0.245 e. The van der Waals surface area contributed by atoms with Crippen LogP contribution in [0, 0.1) is 0 Å². The van der Waals surface area contributed by atoms with E-state index in [9.17, 15) is 9.59 Å². The molecule has 1 fully saturated rings. The van der Waals surface area contributed by atoms with E-state index in [-0.39, 0.29) is 24.4 Å². The molecule has 1 aromatic heterocycles. The van der Waals surface area contributed by atoms with Gasteiger partial charge in [0.05, 0.1) is 11.4 Å². The number of amides is 2. The summed E-state index contributed by atoms with van der Waals surface area (Å²) in [6.45, 7) is 4.08. The van der Waals surface area contributed by atoms with Crippen LogP contribution in [0.5, 0.6) is 0 Å². The van der Waals surface area contributed by atoms with E-state index in [1.54, 1.807) is 21.3 Å². The summed E-state index contributed by atoms with van der Waals surface area (Å²) in [6.07, 6.45) is 0.866. The summed E-state index contributed by atoms with van der Waals surface area (Å²) in [6, 6.07) is 7.22. The molecule has 7 nitrogen and oxygen atoms in total. The van der Waals surface area contributed by atoms with Crippen LogP contribution >= 0.6 is 11.8 Å². The van der Waals surface area contributed by atoms with Crippen molar-refractivity contribution in [2.75, 3.05) is 11.6 Å². The average molecular weight is 347 g/mol. The number of benzene rings is 1. The summed E-state index contributed by atoms with van der Waals surface area (Å²) in [7, 11) is 0. The molecule has 1 aromatic carbocycles. The first-order valence-corrected chi connectivity index (χ1v) is 9.21. The molecule has 0 unspecified atom stereocenters. The Balaban J connectivity index is 1.70. The fourth-order valence-corrected chi connectivity index (χ4v) is 3.78. The molecule has 1 N–H and O–H groups in total. The van der Waals surface area contributed by atoms with E-state index in [0.717, 1.165) is 17.5 Å². The van der Waals surface area contributed by atoms with E-state index in [2.05, 4.69) is 15.6 Å². The molecule has 0 radical (unpaired) electrons. The van der Waals surface area contributed by atoms with E-state index in [4.69, 9.17) is 0 Å². The van der Waals surface area contributed by atoms with Crippen LogP contribution in [-0.2, 0) is 16.1 Å². The first kappa shape index (κ1) is 16.8. The van der Waals surface area contributed by atoms with Crippen molar-refractivity contribution in [2.45, 2.75) is 38.9 Å². The van der Waals surface area contributed by atoms with Gasteiger partial charge in [0.1, 0.15) is 18.1 Å². The van der Waals surface area contributed by atoms with Crippen molar-refractivity contribution in [1.82, 2.24) is 25.2 Å². The largest absolute Gasteiger partial charge is 0.352 e. The molecule has 2 atom stereocenters. The van der Waals surface area contributed by atoms with Crippen LogP contribution in [0.1, 0.15) is 20.3 Å². The summed E-state index contributed by atoms with van der Waals surface area (Å²) in [5.74, 6) is 0.974. The zero-order chi connectivity index (χ0) is 17.1. The molecule has 1 aliphatic rings. The van der Waals surface area contributed by atoms with E-state index < -0.39 is 6.04 Å². The van der Waals surface area contributed by atoms with Gasteiger partial charge in [0.2, 0.25) is 11.8 Å². The molecule has 0 bridgehead atoms. The lowest BCUT2D eigenvalue weighted by atomic mass is 10.2. The van der Waals surface area contributed by atoms with Crippen LogP contribution in [0.3, 0.4) is 0 Å². The topological polar surface area (TPSA) is 80.1 Å². The molecule has 0 aliphatic carbocycles. The van der Waals surface area contributed by atoms with Crippen molar-refractivity contribution in [2.24, 2.45) is 0 Å². The molecule has 0 spiro atoms. The molecule has 1 saturated heterocycles. The second kappa shape index (κ2) is 7.21. The quantitative estimate of drug-likeness (QED) is 0.880. The summed E-state index contributed by atoms with van der Waals surface area (Å²) in [5, 5.41) is 11.1. The summed E-state index contributed by atoms with van der Waals surface area (Å²) < 4.78 is 1.59. The number of nitrogens with zero attached hydrogens (tertiary/aromatic N) is 4. The Labute approximate surface area is 144 Å². The van der Waals surface area contributed by atoms with Gasteiger partial charge in [0, 0.05) is 11.8 Å². The number of rotatable bonds is 5. The minimum Gasteiger partial charge on any atom is -0.352 e. The van der Waals surface area contributed by atoms with Crippen LogP contribution in [0.4, 0.5) is 0 Å². The lowest BCUT2D eigenvalue weighted by Gasteiger charge is -2.24. The first-order chi connectivity index (χ1) is 11.6. The van der Waals surface area contributed by atoms with Crippen LogP contribution in [-0.4, -0.2) is 55.4 Å². The fraction of sp³-hybridized carbons (Fsp3) is 0.500. The highest BCUT2D eigenvalue weighted by atomic mass is 32.2. The molecule has 8 heteroatoms. The van der Waals surface area contributed by atoms with Crippen LogP contribution in [0.2, 0.25) is 0 Å². The van der Waals surface area contributed by atoms with Gasteiger partial charge in [-0.15, -0.1) is 16.9 Å². The van der Waals surface area contributed by atoms with Gasteiger partial charge in [-0.1, -0.05) is 24.3 Å². The zero-order valence-corrected chi connectivity index (χ0v) is 14.6. The third kappa shape index (κ3) is 3.38. The molecule has 0 saturated carbocycles.